The Balaban J connectivity index is 2.39. The molecule has 0 aliphatic rings. The van der Waals surface area contributed by atoms with Crippen molar-refractivity contribution >= 4 is 21.9 Å². The second-order valence-electron chi connectivity index (χ2n) is 5.36. The zero-order valence-electron chi connectivity index (χ0n) is 13.8. The molecule has 0 saturated heterocycles. The lowest BCUT2D eigenvalue weighted by atomic mass is 10.1. The summed E-state index contributed by atoms with van der Waals surface area (Å²) in [6.07, 6.45) is -4.90. The Bertz CT molecular complexity index is 790. The summed E-state index contributed by atoms with van der Waals surface area (Å²) in [4.78, 5) is 11.6. The van der Waals surface area contributed by atoms with Crippen molar-refractivity contribution in [3.8, 4) is 11.5 Å². The van der Waals surface area contributed by atoms with Crippen LogP contribution in [0.2, 0.25) is 0 Å². The van der Waals surface area contributed by atoms with Crippen LogP contribution in [0.5, 0.6) is 11.5 Å². The summed E-state index contributed by atoms with van der Waals surface area (Å²) < 4.78 is 50.5. The molecule has 0 amide bonds. The number of rotatable bonds is 6. The monoisotopic (exact) mass is 432 g/mol. The van der Waals surface area contributed by atoms with Crippen molar-refractivity contribution < 1.29 is 32.5 Å². The molecule has 1 N–H and O–H groups in total. The average Bonchev–Trinajstić information content (AvgIpc) is 2.55. The summed E-state index contributed by atoms with van der Waals surface area (Å²) in [6, 6.07) is 7.84. The number of esters is 1. The molecule has 0 spiro atoms. The smallest absolute Gasteiger partial charge is 0.416 e. The van der Waals surface area contributed by atoms with E-state index >= 15 is 0 Å². The van der Waals surface area contributed by atoms with Gasteiger partial charge in [0.25, 0.3) is 0 Å². The number of halogens is 4. The summed E-state index contributed by atoms with van der Waals surface area (Å²) in [5.74, 6) is -0.495. The Morgan fingerprint density at radius 3 is 2.54 bits per heavy atom. The second-order valence-corrected chi connectivity index (χ2v) is 6.27. The van der Waals surface area contributed by atoms with Gasteiger partial charge in [0.1, 0.15) is 11.5 Å². The Labute approximate surface area is 156 Å². The molecule has 0 fully saturated rings. The van der Waals surface area contributed by atoms with Crippen LogP contribution in [0, 0.1) is 0 Å². The minimum Gasteiger partial charge on any atom is -0.466 e. The molecule has 2 aromatic carbocycles. The van der Waals surface area contributed by atoms with Crippen LogP contribution in [0.15, 0.2) is 40.9 Å². The predicted octanol–water partition coefficient (Wildman–Crippen LogP) is 4.86. The van der Waals surface area contributed by atoms with E-state index in [2.05, 4.69) is 15.9 Å². The molecule has 0 heterocycles. The summed E-state index contributed by atoms with van der Waals surface area (Å²) in [7, 11) is 0. The van der Waals surface area contributed by atoms with Crippen LogP contribution in [0.4, 0.5) is 13.2 Å². The largest absolute Gasteiger partial charge is 0.466 e. The zero-order chi connectivity index (χ0) is 19.3. The molecule has 26 heavy (non-hydrogen) atoms. The van der Waals surface area contributed by atoms with Gasteiger partial charge in [-0.1, -0.05) is 15.9 Å². The van der Waals surface area contributed by atoms with Crippen molar-refractivity contribution in [1.29, 1.82) is 0 Å². The van der Waals surface area contributed by atoms with E-state index in [1.807, 2.05) is 0 Å². The first-order chi connectivity index (χ1) is 12.2. The highest BCUT2D eigenvalue weighted by atomic mass is 79.9. The minimum atomic E-state index is -4.59. The highest BCUT2D eigenvalue weighted by Crippen LogP contribution is 2.35. The van der Waals surface area contributed by atoms with E-state index in [1.165, 1.54) is 12.1 Å². The fourth-order valence-corrected chi connectivity index (χ4v) is 2.67. The van der Waals surface area contributed by atoms with Gasteiger partial charge < -0.3 is 14.6 Å². The van der Waals surface area contributed by atoms with Crippen LogP contribution in [0.1, 0.15) is 23.6 Å². The number of benzene rings is 2. The fraction of sp³-hybridized carbons (Fsp3) is 0.278. The fourth-order valence-electron chi connectivity index (χ4n) is 2.26. The topological polar surface area (TPSA) is 55.8 Å². The lowest BCUT2D eigenvalue weighted by Gasteiger charge is -2.14. The molecular weight excluding hydrogens is 417 g/mol. The van der Waals surface area contributed by atoms with Crippen LogP contribution in [0.25, 0.3) is 0 Å². The Hall–Kier alpha value is -2.06. The van der Waals surface area contributed by atoms with E-state index < -0.39 is 17.7 Å². The van der Waals surface area contributed by atoms with Crippen LogP contribution < -0.4 is 4.74 Å². The van der Waals surface area contributed by atoms with E-state index in [0.717, 1.165) is 12.1 Å². The average molecular weight is 433 g/mol. The van der Waals surface area contributed by atoms with Gasteiger partial charge in [0.2, 0.25) is 0 Å². The quantitative estimate of drug-likeness (QED) is 0.662. The first-order valence-electron chi connectivity index (χ1n) is 7.67. The molecule has 8 heteroatoms. The molecule has 0 atom stereocenters. The number of aliphatic hydroxyl groups is 1. The van der Waals surface area contributed by atoms with E-state index in [-0.39, 0.29) is 36.7 Å². The highest BCUT2D eigenvalue weighted by Gasteiger charge is 2.31. The van der Waals surface area contributed by atoms with Crippen molar-refractivity contribution in [3.05, 3.63) is 57.6 Å². The number of hydrogen-bond donors (Lipinski definition) is 1. The molecule has 4 nitrogen and oxygen atoms in total. The minimum absolute atomic E-state index is 0.0869. The Morgan fingerprint density at radius 2 is 1.92 bits per heavy atom. The van der Waals surface area contributed by atoms with Crippen molar-refractivity contribution in [2.45, 2.75) is 26.1 Å². The standard InChI is InChI=1S/C18H16BrF3O4/c1-2-25-17(24)7-11-5-13(18(20,21)22)9-15(6-11)26-16-4-3-14(19)8-12(16)10-23/h3-6,8-9,23H,2,7,10H2,1H3. The van der Waals surface area contributed by atoms with E-state index in [9.17, 15) is 23.1 Å². The molecule has 0 aromatic heterocycles. The molecule has 2 rings (SSSR count). The molecule has 0 aliphatic heterocycles. The third-order valence-electron chi connectivity index (χ3n) is 3.37. The summed E-state index contributed by atoms with van der Waals surface area (Å²) >= 11 is 3.25. The van der Waals surface area contributed by atoms with Crippen LogP contribution >= 0.6 is 15.9 Å². The molecule has 0 saturated carbocycles. The number of carbonyl (C=O) groups excluding carboxylic acids is 1. The third-order valence-corrected chi connectivity index (χ3v) is 3.86. The number of alkyl halides is 3. The van der Waals surface area contributed by atoms with Gasteiger partial charge in [-0.05, 0) is 48.9 Å². The van der Waals surface area contributed by atoms with Crippen molar-refractivity contribution in [2.75, 3.05) is 6.61 Å². The SMILES string of the molecule is CCOC(=O)Cc1cc(Oc2ccc(Br)cc2CO)cc(C(F)(F)F)c1. The van der Waals surface area contributed by atoms with Gasteiger partial charge in [0.05, 0.1) is 25.2 Å². The van der Waals surface area contributed by atoms with Crippen LogP contribution in [-0.4, -0.2) is 17.7 Å². The van der Waals surface area contributed by atoms with Gasteiger partial charge in [-0.25, -0.2) is 0 Å². The van der Waals surface area contributed by atoms with Crippen LogP contribution in [-0.2, 0) is 28.7 Å². The summed E-state index contributed by atoms with van der Waals surface area (Å²) in [6.45, 7) is 1.41. The molecular formula is C18H16BrF3O4. The number of ether oxygens (including phenoxy) is 2. The van der Waals surface area contributed by atoms with E-state index in [4.69, 9.17) is 9.47 Å². The van der Waals surface area contributed by atoms with Crippen LogP contribution in [0.3, 0.4) is 0 Å². The van der Waals surface area contributed by atoms with Gasteiger partial charge in [0.15, 0.2) is 0 Å². The lowest BCUT2D eigenvalue weighted by molar-refractivity contribution is -0.142. The molecule has 140 valence electrons. The normalized spacial score (nSPS) is 11.3. The van der Waals surface area contributed by atoms with Crippen molar-refractivity contribution in [1.82, 2.24) is 0 Å². The maximum absolute atomic E-state index is 13.2. The van der Waals surface area contributed by atoms with E-state index in [0.29, 0.717) is 10.0 Å². The van der Waals surface area contributed by atoms with Gasteiger partial charge >= 0.3 is 12.1 Å². The van der Waals surface area contributed by atoms with Gasteiger partial charge in [0, 0.05) is 10.0 Å². The Kier molecular flexibility index (Phi) is 6.66. The Morgan fingerprint density at radius 1 is 1.19 bits per heavy atom. The first-order valence-corrected chi connectivity index (χ1v) is 8.46. The lowest BCUT2D eigenvalue weighted by Crippen LogP contribution is -2.10. The maximum Gasteiger partial charge on any atom is 0.416 e. The van der Waals surface area contributed by atoms with Crippen molar-refractivity contribution in [2.24, 2.45) is 0 Å². The molecule has 0 aliphatic carbocycles. The molecule has 0 unspecified atom stereocenters. The maximum atomic E-state index is 13.2. The summed E-state index contributed by atoms with van der Waals surface area (Å²) in [5.41, 5.74) is -0.406. The zero-order valence-corrected chi connectivity index (χ0v) is 15.4. The highest BCUT2D eigenvalue weighted by molar-refractivity contribution is 9.10. The molecule has 2 aromatic rings. The van der Waals surface area contributed by atoms with Gasteiger partial charge in [-0.15, -0.1) is 0 Å². The summed E-state index contributed by atoms with van der Waals surface area (Å²) in [5, 5.41) is 9.40. The van der Waals surface area contributed by atoms with E-state index in [1.54, 1.807) is 19.1 Å². The van der Waals surface area contributed by atoms with Gasteiger partial charge in [-0.3, -0.25) is 4.79 Å². The number of hydrogen-bond acceptors (Lipinski definition) is 4. The number of aliphatic hydroxyl groups excluding tert-OH is 1. The number of carbonyl (C=O) groups is 1. The third kappa shape index (κ3) is 5.47. The van der Waals surface area contributed by atoms with Gasteiger partial charge in [-0.2, -0.15) is 13.2 Å². The molecule has 0 bridgehead atoms. The van der Waals surface area contributed by atoms with Crippen molar-refractivity contribution in [3.63, 3.8) is 0 Å². The molecule has 0 radical (unpaired) electrons. The second kappa shape index (κ2) is 8.55. The first kappa shape index (κ1) is 20.3. The predicted molar refractivity (Wildman–Crippen MR) is 91.9 cm³/mol.